The minimum absolute atomic E-state index is 0. The minimum Gasteiger partial charge on any atom is -0.450 e. The number of carbonyl (C=O) groups excluding carboxylic acids is 1. The maximum atomic E-state index is 11.8. The van der Waals surface area contributed by atoms with Gasteiger partial charge in [-0.25, -0.2) is 4.79 Å². The van der Waals surface area contributed by atoms with Crippen molar-refractivity contribution in [3.63, 3.8) is 0 Å². The van der Waals surface area contributed by atoms with E-state index in [4.69, 9.17) is 4.74 Å². The number of piperidine rings is 1. The number of halogens is 1. The molecule has 2 heterocycles. The third-order valence-corrected chi connectivity index (χ3v) is 4.22. The second kappa shape index (κ2) is 12.7. The number of likely N-dealkylation sites (tertiary alicyclic amines) is 1. The van der Waals surface area contributed by atoms with E-state index in [9.17, 15) is 9.90 Å². The van der Waals surface area contributed by atoms with Crippen LogP contribution >= 0.6 is 24.0 Å². The van der Waals surface area contributed by atoms with Crippen LogP contribution in [-0.4, -0.2) is 65.9 Å². The first-order valence-electron chi connectivity index (χ1n) is 9.18. The number of amides is 1. The highest BCUT2D eigenvalue weighted by Crippen LogP contribution is 2.13. The molecule has 1 amide bonds. The number of carbonyl (C=O) groups is 1. The highest BCUT2D eigenvalue weighted by molar-refractivity contribution is 14.0. The molecule has 0 radical (unpaired) electrons. The number of nitrogens with zero attached hydrogens (tertiary/aromatic N) is 3. The van der Waals surface area contributed by atoms with Crippen LogP contribution in [0.2, 0.25) is 0 Å². The number of nitrogens with one attached hydrogen (secondary N) is 2. The zero-order valence-corrected chi connectivity index (χ0v) is 18.3. The lowest BCUT2D eigenvalue weighted by molar-refractivity contribution is 0.0963. The first-order chi connectivity index (χ1) is 12.6. The highest BCUT2D eigenvalue weighted by atomic mass is 127. The van der Waals surface area contributed by atoms with E-state index in [-0.39, 0.29) is 42.7 Å². The molecule has 3 N–H and O–H groups in total. The Morgan fingerprint density at radius 2 is 2.04 bits per heavy atom. The van der Waals surface area contributed by atoms with E-state index >= 15 is 0 Å². The van der Waals surface area contributed by atoms with E-state index in [1.807, 2.05) is 13.8 Å². The molecule has 152 valence electrons. The molecule has 0 spiro atoms. The van der Waals surface area contributed by atoms with Gasteiger partial charge in [0.15, 0.2) is 5.96 Å². The average Bonchev–Trinajstić information content (AvgIpc) is 2.67. The van der Waals surface area contributed by atoms with Gasteiger partial charge in [-0.2, -0.15) is 0 Å². The monoisotopic (exact) mass is 491 g/mol. The van der Waals surface area contributed by atoms with Crippen molar-refractivity contribution in [2.24, 2.45) is 4.99 Å². The lowest BCUT2D eigenvalue weighted by Gasteiger charge is -2.32. The molecular formula is C18H30IN5O3. The Morgan fingerprint density at radius 1 is 1.37 bits per heavy atom. The number of pyridine rings is 1. The second-order valence-electron chi connectivity index (χ2n) is 6.12. The van der Waals surface area contributed by atoms with Crippen molar-refractivity contribution in [2.75, 3.05) is 32.8 Å². The van der Waals surface area contributed by atoms with Crippen LogP contribution in [0.3, 0.4) is 0 Å². The van der Waals surface area contributed by atoms with Gasteiger partial charge >= 0.3 is 6.09 Å². The summed E-state index contributed by atoms with van der Waals surface area (Å²) in [7, 11) is 0. The summed E-state index contributed by atoms with van der Waals surface area (Å²) in [6.45, 7) is 6.53. The Bertz CT molecular complexity index is 580. The van der Waals surface area contributed by atoms with E-state index in [0.717, 1.165) is 24.9 Å². The number of rotatable bonds is 6. The van der Waals surface area contributed by atoms with Gasteiger partial charge in [0, 0.05) is 38.1 Å². The molecule has 1 aliphatic rings. The molecule has 0 bridgehead atoms. The predicted molar refractivity (Wildman–Crippen MR) is 115 cm³/mol. The molecule has 1 aliphatic heterocycles. The number of hydrogen-bond acceptors (Lipinski definition) is 5. The number of aliphatic hydroxyl groups is 1. The average molecular weight is 491 g/mol. The molecule has 1 aromatic heterocycles. The summed E-state index contributed by atoms with van der Waals surface area (Å²) in [6.07, 6.45) is 4.06. The van der Waals surface area contributed by atoms with Crippen molar-refractivity contribution in [1.82, 2.24) is 20.5 Å². The maximum absolute atomic E-state index is 11.8. The maximum Gasteiger partial charge on any atom is 0.409 e. The van der Waals surface area contributed by atoms with Crippen LogP contribution in [0.4, 0.5) is 4.79 Å². The Balaban J connectivity index is 0.00000364. The van der Waals surface area contributed by atoms with Crippen molar-refractivity contribution in [2.45, 2.75) is 38.8 Å². The van der Waals surface area contributed by atoms with Gasteiger partial charge in [0.25, 0.3) is 0 Å². The number of guanidine groups is 1. The molecule has 2 rings (SSSR count). The van der Waals surface area contributed by atoms with Crippen LogP contribution in [0.25, 0.3) is 0 Å². The third kappa shape index (κ3) is 7.87. The van der Waals surface area contributed by atoms with Gasteiger partial charge in [-0.3, -0.25) is 9.98 Å². The quantitative estimate of drug-likeness (QED) is 0.320. The predicted octanol–water partition coefficient (Wildman–Crippen LogP) is 1.91. The molecule has 27 heavy (non-hydrogen) atoms. The summed E-state index contributed by atoms with van der Waals surface area (Å²) in [6, 6.07) is 3.80. The Hall–Kier alpha value is -1.62. The minimum atomic E-state index is -0.667. The Labute approximate surface area is 177 Å². The molecule has 1 saturated heterocycles. The molecule has 0 aromatic carbocycles. The lowest BCUT2D eigenvalue weighted by atomic mass is 10.1. The normalized spacial score (nSPS) is 16.3. The first-order valence-corrected chi connectivity index (χ1v) is 9.18. The van der Waals surface area contributed by atoms with Crippen LogP contribution < -0.4 is 10.6 Å². The van der Waals surface area contributed by atoms with Crippen LogP contribution in [-0.2, 0) is 4.74 Å². The van der Waals surface area contributed by atoms with E-state index in [2.05, 4.69) is 20.6 Å². The zero-order valence-electron chi connectivity index (χ0n) is 15.9. The summed E-state index contributed by atoms with van der Waals surface area (Å²) in [4.78, 5) is 21.9. The standard InChI is InChI=1S/C18H29N5O3.HI/c1-3-20-17(21-13-16(24)14-5-9-19-10-6-14)22-15-7-11-23(12-8-15)18(25)26-4-2;/h5-6,9-10,15-16,24H,3-4,7-8,11-13H2,1-2H3,(H2,20,21,22);1H. The number of aliphatic hydroxyl groups excluding tert-OH is 1. The fourth-order valence-electron chi connectivity index (χ4n) is 2.80. The van der Waals surface area contributed by atoms with E-state index in [1.54, 1.807) is 29.4 Å². The summed E-state index contributed by atoms with van der Waals surface area (Å²) < 4.78 is 5.04. The van der Waals surface area contributed by atoms with Gasteiger partial charge in [-0.1, -0.05) is 0 Å². The third-order valence-electron chi connectivity index (χ3n) is 4.22. The molecule has 1 fully saturated rings. The number of ether oxygens (including phenoxy) is 1. The molecule has 8 nitrogen and oxygen atoms in total. The van der Waals surface area contributed by atoms with Gasteiger partial charge in [-0.05, 0) is 44.4 Å². The van der Waals surface area contributed by atoms with Crippen molar-refractivity contribution in [3.05, 3.63) is 30.1 Å². The van der Waals surface area contributed by atoms with Crippen molar-refractivity contribution >= 4 is 36.0 Å². The molecule has 0 aliphatic carbocycles. The first kappa shape index (κ1) is 23.4. The number of aromatic nitrogens is 1. The van der Waals surface area contributed by atoms with Crippen molar-refractivity contribution in [1.29, 1.82) is 0 Å². The van der Waals surface area contributed by atoms with E-state index in [0.29, 0.717) is 25.7 Å². The summed E-state index contributed by atoms with van der Waals surface area (Å²) in [5.74, 6) is 0.676. The Morgan fingerprint density at radius 3 is 2.63 bits per heavy atom. The van der Waals surface area contributed by atoms with Crippen LogP contribution in [0.1, 0.15) is 38.4 Å². The number of aliphatic imine (C=N–C) groups is 1. The van der Waals surface area contributed by atoms with E-state index in [1.165, 1.54) is 0 Å². The molecule has 1 atom stereocenters. The zero-order chi connectivity index (χ0) is 18.8. The lowest BCUT2D eigenvalue weighted by Crippen LogP contribution is -2.50. The van der Waals surface area contributed by atoms with Crippen molar-refractivity contribution in [3.8, 4) is 0 Å². The largest absolute Gasteiger partial charge is 0.450 e. The second-order valence-corrected chi connectivity index (χ2v) is 6.12. The van der Waals surface area contributed by atoms with Gasteiger partial charge in [0.2, 0.25) is 0 Å². The summed E-state index contributed by atoms with van der Waals surface area (Å²) in [5.41, 5.74) is 0.794. The fraction of sp³-hybridized carbons (Fsp3) is 0.611. The molecule has 0 saturated carbocycles. The van der Waals surface area contributed by atoms with Crippen LogP contribution in [0.5, 0.6) is 0 Å². The van der Waals surface area contributed by atoms with E-state index < -0.39 is 6.10 Å². The topological polar surface area (TPSA) is 99.1 Å². The summed E-state index contributed by atoms with van der Waals surface area (Å²) >= 11 is 0. The summed E-state index contributed by atoms with van der Waals surface area (Å²) in [5, 5.41) is 16.8. The number of hydrogen-bond donors (Lipinski definition) is 3. The highest BCUT2D eigenvalue weighted by Gasteiger charge is 2.24. The van der Waals surface area contributed by atoms with Gasteiger partial charge in [0.1, 0.15) is 0 Å². The SMILES string of the molecule is CCNC(=NCC(O)c1ccncc1)NC1CCN(C(=O)OCC)CC1.I. The molecular weight excluding hydrogens is 461 g/mol. The fourth-order valence-corrected chi connectivity index (χ4v) is 2.80. The van der Waals surface area contributed by atoms with Gasteiger partial charge in [0.05, 0.1) is 19.3 Å². The molecule has 9 heteroatoms. The van der Waals surface area contributed by atoms with Gasteiger partial charge < -0.3 is 25.4 Å². The van der Waals surface area contributed by atoms with Gasteiger partial charge in [-0.15, -0.1) is 24.0 Å². The molecule has 1 aromatic rings. The smallest absolute Gasteiger partial charge is 0.409 e. The molecule has 1 unspecified atom stereocenters. The van der Waals surface area contributed by atoms with Crippen LogP contribution in [0.15, 0.2) is 29.5 Å². The van der Waals surface area contributed by atoms with Crippen LogP contribution in [0, 0.1) is 0 Å². The van der Waals surface area contributed by atoms with Crippen molar-refractivity contribution < 1.29 is 14.6 Å². The Kier molecular flexibility index (Phi) is 11.0.